The van der Waals surface area contributed by atoms with Gasteiger partial charge < -0.3 is 15.2 Å². The molecule has 2 N–H and O–H groups in total. The zero-order valence-electron chi connectivity index (χ0n) is 19.3. The van der Waals surface area contributed by atoms with Crippen LogP contribution in [0.5, 0.6) is 0 Å². The number of nitrogens with zero attached hydrogens (tertiary/aromatic N) is 2. The molecule has 7 heteroatoms. The van der Waals surface area contributed by atoms with E-state index in [1.54, 1.807) is 12.1 Å². The first-order chi connectivity index (χ1) is 15.9. The van der Waals surface area contributed by atoms with Gasteiger partial charge in [0.25, 0.3) is 0 Å². The van der Waals surface area contributed by atoms with Gasteiger partial charge in [-0.15, -0.1) is 0 Å². The lowest BCUT2D eigenvalue weighted by Crippen LogP contribution is -2.38. The van der Waals surface area contributed by atoms with E-state index >= 15 is 0 Å². The number of aryl methyl sites for hydroxylation is 1. The third-order valence-electron chi connectivity index (χ3n) is 7.56. The van der Waals surface area contributed by atoms with E-state index in [1.165, 1.54) is 12.1 Å². The Kier molecular flexibility index (Phi) is 7.58. The summed E-state index contributed by atoms with van der Waals surface area (Å²) in [6.45, 7) is 4.76. The van der Waals surface area contributed by atoms with Crippen LogP contribution < -0.4 is 5.73 Å². The quantitative estimate of drug-likeness (QED) is 0.593. The molecule has 2 aromatic rings. The first-order valence-electron chi connectivity index (χ1n) is 12.2. The molecule has 1 amide bonds. The van der Waals surface area contributed by atoms with Crippen molar-refractivity contribution in [3.63, 3.8) is 0 Å². The van der Waals surface area contributed by atoms with Crippen molar-refractivity contribution in [2.45, 2.75) is 57.8 Å². The fourth-order valence-electron chi connectivity index (χ4n) is 5.58. The fraction of sp³-hybridized carbons (Fsp3) is 0.577. The van der Waals surface area contributed by atoms with Crippen LogP contribution in [0.25, 0.3) is 0 Å². The van der Waals surface area contributed by atoms with E-state index in [0.717, 1.165) is 70.3 Å². The Bertz CT molecular complexity index is 942. The number of hydrogen-bond donors (Lipinski definition) is 1. The Balaban J connectivity index is 1.19. The number of benzene rings is 1. The SMILES string of the molecule is Cc1cc(C(C(N)=O)C2CCC(CCN3CCC(C(=O)c4ccc(F)cc4)CC3)CC2)on1. The van der Waals surface area contributed by atoms with Crippen molar-refractivity contribution in [1.29, 1.82) is 0 Å². The van der Waals surface area contributed by atoms with Crippen LogP contribution >= 0.6 is 0 Å². The lowest BCUT2D eigenvalue weighted by Gasteiger charge is -2.35. The van der Waals surface area contributed by atoms with Crippen LogP contribution in [0, 0.1) is 30.5 Å². The molecular weight excluding hydrogens is 421 g/mol. The van der Waals surface area contributed by atoms with Gasteiger partial charge in [-0.3, -0.25) is 9.59 Å². The van der Waals surface area contributed by atoms with E-state index in [-0.39, 0.29) is 35.3 Å². The molecule has 1 atom stereocenters. The topological polar surface area (TPSA) is 89.4 Å². The number of piperidine rings is 1. The zero-order chi connectivity index (χ0) is 23.4. The molecule has 1 aromatic carbocycles. The van der Waals surface area contributed by atoms with Gasteiger partial charge in [0.05, 0.1) is 5.69 Å². The maximum Gasteiger partial charge on any atom is 0.228 e. The molecule has 1 unspecified atom stereocenters. The molecule has 0 radical (unpaired) electrons. The van der Waals surface area contributed by atoms with Crippen molar-refractivity contribution in [2.24, 2.45) is 23.5 Å². The van der Waals surface area contributed by atoms with Crippen LogP contribution in [-0.4, -0.2) is 41.4 Å². The fourth-order valence-corrected chi connectivity index (χ4v) is 5.58. The number of amides is 1. The first kappa shape index (κ1) is 23.6. The average Bonchev–Trinajstić information content (AvgIpc) is 3.24. The lowest BCUT2D eigenvalue weighted by molar-refractivity contribution is -0.121. The van der Waals surface area contributed by atoms with Gasteiger partial charge in [-0.2, -0.15) is 0 Å². The Morgan fingerprint density at radius 3 is 2.36 bits per heavy atom. The van der Waals surface area contributed by atoms with Crippen molar-refractivity contribution in [2.75, 3.05) is 19.6 Å². The first-order valence-corrected chi connectivity index (χ1v) is 12.2. The van der Waals surface area contributed by atoms with E-state index in [4.69, 9.17) is 10.3 Å². The minimum absolute atomic E-state index is 0.0348. The van der Waals surface area contributed by atoms with Crippen LogP contribution in [0.1, 0.15) is 72.7 Å². The van der Waals surface area contributed by atoms with E-state index in [9.17, 15) is 14.0 Å². The molecule has 0 spiro atoms. The Hall–Kier alpha value is -2.54. The second kappa shape index (κ2) is 10.6. The third kappa shape index (κ3) is 5.88. The second-order valence-corrected chi connectivity index (χ2v) is 9.81. The number of carbonyl (C=O) groups excluding carboxylic acids is 2. The van der Waals surface area contributed by atoms with Crippen molar-refractivity contribution in [3.8, 4) is 0 Å². The van der Waals surface area contributed by atoms with E-state index in [0.29, 0.717) is 17.2 Å². The Morgan fingerprint density at radius 2 is 1.79 bits per heavy atom. The van der Waals surface area contributed by atoms with Crippen molar-refractivity contribution in [1.82, 2.24) is 10.1 Å². The summed E-state index contributed by atoms with van der Waals surface area (Å²) >= 11 is 0. The minimum atomic E-state index is -0.384. The summed E-state index contributed by atoms with van der Waals surface area (Å²) in [4.78, 5) is 27.2. The summed E-state index contributed by atoms with van der Waals surface area (Å²) in [5.41, 5.74) is 7.09. The summed E-state index contributed by atoms with van der Waals surface area (Å²) in [7, 11) is 0. The minimum Gasteiger partial charge on any atom is -0.369 e. The molecule has 2 fully saturated rings. The number of carbonyl (C=O) groups is 2. The highest BCUT2D eigenvalue weighted by Gasteiger charge is 2.35. The molecule has 4 rings (SSSR count). The number of ketones is 1. The molecule has 6 nitrogen and oxygen atoms in total. The molecule has 1 aliphatic carbocycles. The van der Waals surface area contributed by atoms with Crippen molar-refractivity contribution in [3.05, 3.63) is 53.2 Å². The zero-order valence-corrected chi connectivity index (χ0v) is 19.3. The van der Waals surface area contributed by atoms with Gasteiger partial charge in [0, 0.05) is 17.5 Å². The van der Waals surface area contributed by atoms with Crippen LogP contribution in [0.15, 0.2) is 34.9 Å². The molecule has 178 valence electrons. The molecule has 1 aromatic heterocycles. The number of Topliss-reactive ketones (excluding diaryl/α,β-unsaturated/α-hetero) is 1. The van der Waals surface area contributed by atoms with E-state index in [2.05, 4.69) is 10.1 Å². The molecule has 1 aliphatic heterocycles. The summed E-state index contributed by atoms with van der Waals surface area (Å²) < 4.78 is 18.5. The number of aromatic nitrogens is 1. The predicted octanol–water partition coefficient (Wildman–Crippen LogP) is 4.48. The van der Waals surface area contributed by atoms with Crippen LogP contribution in [0.4, 0.5) is 4.39 Å². The molecule has 33 heavy (non-hydrogen) atoms. The highest BCUT2D eigenvalue weighted by molar-refractivity contribution is 5.97. The highest BCUT2D eigenvalue weighted by Crippen LogP contribution is 2.39. The van der Waals surface area contributed by atoms with Gasteiger partial charge >= 0.3 is 0 Å². The summed E-state index contributed by atoms with van der Waals surface area (Å²) in [5, 5.41) is 3.92. The third-order valence-corrected chi connectivity index (χ3v) is 7.56. The van der Waals surface area contributed by atoms with Crippen molar-refractivity contribution < 1.29 is 18.5 Å². The van der Waals surface area contributed by atoms with Gasteiger partial charge in [-0.25, -0.2) is 4.39 Å². The normalized spacial score (nSPS) is 23.3. The number of rotatable bonds is 8. The molecule has 2 aliphatic rings. The molecule has 2 heterocycles. The Labute approximate surface area is 194 Å². The van der Waals surface area contributed by atoms with Gasteiger partial charge in [-0.05, 0) is 94.8 Å². The summed E-state index contributed by atoms with van der Waals surface area (Å²) in [6.07, 6.45) is 7.02. The monoisotopic (exact) mass is 455 g/mol. The standard InChI is InChI=1S/C26H34FN3O3/c1-17-16-23(33-29-17)24(26(28)32)19-4-2-18(3-5-19)10-13-30-14-11-21(12-15-30)25(31)20-6-8-22(27)9-7-20/h6-9,16,18-19,21,24H,2-5,10-15H2,1H3,(H2,28,32). The number of hydrogen-bond acceptors (Lipinski definition) is 5. The average molecular weight is 456 g/mol. The van der Waals surface area contributed by atoms with Gasteiger partial charge in [-0.1, -0.05) is 18.0 Å². The van der Waals surface area contributed by atoms with Crippen molar-refractivity contribution >= 4 is 11.7 Å². The van der Waals surface area contributed by atoms with Crippen LogP contribution in [-0.2, 0) is 4.79 Å². The Morgan fingerprint density at radius 1 is 1.12 bits per heavy atom. The van der Waals surface area contributed by atoms with Gasteiger partial charge in [0.15, 0.2) is 5.78 Å². The lowest BCUT2D eigenvalue weighted by atomic mass is 9.74. The van der Waals surface area contributed by atoms with Gasteiger partial charge in [0.2, 0.25) is 5.91 Å². The van der Waals surface area contributed by atoms with E-state index < -0.39 is 0 Å². The molecule has 0 bridgehead atoms. The van der Waals surface area contributed by atoms with Crippen LogP contribution in [0.3, 0.4) is 0 Å². The van der Waals surface area contributed by atoms with Crippen LogP contribution in [0.2, 0.25) is 0 Å². The predicted molar refractivity (Wildman–Crippen MR) is 123 cm³/mol. The summed E-state index contributed by atoms with van der Waals surface area (Å²) in [5.74, 6) is 0.628. The number of likely N-dealkylation sites (tertiary alicyclic amines) is 1. The maximum absolute atomic E-state index is 13.1. The van der Waals surface area contributed by atoms with E-state index in [1.807, 2.05) is 13.0 Å². The molecule has 1 saturated carbocycles. The smallest absolute Gasteiger partial charge is 0.228 e. The molecular formula is C26H34FN3O3. The highest BCUT2D eigenvalue weighted by atomic mass is 19.1. The molecule has 1 saturated heterocycles. The second-order valence-electron chi connectivity index (χ2n) is 9.81. The number of halogens is 1. The number of primary amides is 1. The largest absolute Gasteiger partial charge is 0.369 e. The maximum atomic E-state index is 13.1. The number of nitrogens with two attached hydrogens (primary N) is 1. The summed E-state index contributed by atoms with van der Waals surface area (Å²) in [6, 6.07) is 7.72. The van der Waals surface area contributed by atoms with Gasteiger partial charge in [0.1, 0.15) is 17.5 Å².